The first-order valence-electron chi connectivity index (χ1n) is 5.35. The summed E-state index contributed by atoms with van der Waals surface area (Å²) < 4.78 is 0. The van der Waals surface area contributed by atoms with Crippen LogP contribution in [0.2, 0.25) is 0 Å². The maximum Gasteiger partial charge on any atom is 0.0759 e. The van der Waals surface area contributed by atoms with Crippen LogP contribution in [0.4, 0.5) is 5.69 Å². The maximum atomic E-state index is 6.09. The number of aryl methyl sites for hydroxylation is 1. The number of nitrogens with one attached hydrogen (secondary N) is 1. The van der Waals surface area contributed by atoms with Crippen molar-refractivity contribution >= 4 is 28.6 Å². The van der Waals surface area contributed by atoms with Gasteiger partial charge in [0.25, 0.3) is 0 Å². The molecule has 0 aliphatic carbocycles. The Hall–Kier alpha value is -1.09. The molecule has 2 aliphatic rings. The lowest BCUT2D eigenvalue weighted by Gasteiger charge is -2.20. The molecule has 2 nitrogen and oxygen atoms in total. The summed E-state index contributed by atoms with van der Waals surface area (Å²) in [5.41, 5.74) is 8.78. The second-order valence-corrected chi connectivity index (χ2v) is 5.04. The van der Waals surface area contributed by atoms with Crippen LogP contribution in [0, 0.1) is 0 Å². The van der Waals surface area contributed by atoms with E-state index in [9.17, 15) is 0 Å². The molecule has 2 heterocycles. The molecular weight excluding hydrogens is 204 g/mol. The molecule has 3 heteroatoms. The number of hydrogen-bond acceptors (Lipinski definition) is 3. The number of rotatable bonds is 0. The van der Waals surface area contributed by atoms with E-state index >= 15 is 0 Å². The van der Waals surface area contributed by atoms with E-state index in [4.69, 9.17) is 5.73 Å². The molecule has 0 unspecified atom stereocenters. The topological polar surface area (TPSA) is 38.0 Å². The third-order valence-electron chi connectivity index (χ3n) is 3.04. The number of hydrogen-bond donors (Lipinski definition) is 2. The van der Waals surface area contributed by atoms with Crippen LogP contribution in [0.25, 0.3) is 11.1 Å². The standard InChI is InChI=1S/C12H14N2S/c13-12-10-8(5-7-15-12)3-4-9-2-1-6-14-11(9)10/h3-5,14H,1-2,6-7,13H2. The molecule has 3 rings (SSSR count). The Balaban J connectivity index is 2.39. The monoisotopic (exact) mass is 218 g/mol. The van der Waals surface area contributed by atoms with Crippen molar-refractivity contribution < 1.29 is 0 Å². The van der Waals surface area contributed by atoms with Crippen molar-refractivity contribution in [2.45, 2.75) is 12.8 Å². The van der Waals surface area contributed by atoms with E-state index in [0.29, 0.717) is 0 Å². The average molecular weight is 218 g/mol. The summed E-state index contributed by atoms with van der Waals surface area (Å²) in [6, 6.07) is 4.44. The molecule has 0 saturated heterocycles. The van der Waals surface area contributed by atoms with Crippen molar-refractivity contribution in [2.24, 2.45) is 5.73 Å². The minimum Gasteiger partial charge on any atom is -0.393 e. The SMILES string of the molecule is NC1=c2c3c(ccc2=CCS1)CCCN3. The molecule has 2 aliphatic heterocycles. The van der Waals surface area contributed by atoms with Gasteiger partial charge in [0, 0.05) is 23.2 Å². The molecule has 78 valence electrons. The summed E-state index contributed by atoms with van der Waals surface area (Å²) >= 11 is 1.73. The molecule has 0 atom stereocenters. The van der Waals surface area contributed by atoms with Gasteiger partial charge in [-0.2, -0.15) is 0 Å². The lowest BCUT2D eigenvalue weighted by molar-refractivity contribution is 0.827. The Morgan fingerprint density at radius 3 is 3.20 bits per heavy atom. The second kappa shape index (κ2) is 3.49. The number of anilines is 1. The van der Waals surface area contributed by atoms with Crippen LogP contribution in [0.5, 0.6) is 0 Å². The highest BCUT2D eigenvalue weighted by atomic mass is 32.2. The Bertz CT molecular complexity index is 519. The Kier molecular flexibility index (Phi) is 2.13. The van der Waals surface area contributed by atoms with Gasteiger partial charge in [0.15, 0.2) is 0 Å². The van der Waals surface area contributed by atoms with Gasteiger partial charge in [0.05, 0.1) is 5.03 Å². The molecule has 3 N–H and O–H groups in total. The zero-order chi connectivity index (χ0) is 10.3. The summed E-state index contributed by atoms with van der Waals surface area (Å²) in [5.74, 6) is 0.998. The summed E-state index contributed by atoms with van der Waals surface area (Å²) in [6.07, 6.45) is 4.66. The molecule has 0 saturated carbocycles. The Labute approximate surface area is 93.2 Å². The maximum absolute atomic E-state index is 6.09. The molecule has 0 fully saturated rings. The van der Waals surface area contributed by atoms with Crippen LogP contribution in [-0.2, 0) is 6.42 Å². The highest BCUT2D eigenvalue weighted by molar-refractivity contribution is 8.08. The van der Waals surface area contributed by atoms with E-state index < -0.39 is 0 Å². The van der Waals surface area contributed by atoms with Crippen molar-refractivity contribution in [3.8, 4) is 0 Å². The molecule has 0 aromatic heterocycles. The van der Waals surface area contributed by atoms with Crippen molar-refractivity contribution in [2.75, 3.05) is 17.6 Å². The smallest absolute Gasteiger partial charge is 0.0759 e. The fourth-order valence-electron chi connectivity index (χ4n) is 2.29. The third kappa shape index (κ3) is 1.42. The van der Waals surface area contributed by atoms with Gasteiger partial charge in [0.1, 0.15) is 0 Å². The minimum absolute atomic E-state index is 0.971. The molecule has 0 spiro atoms. The minimum atomic E-state index is 0.971. The lowest BCUT2D eigenvalue weighted by atomic mass is 10.0. The number of thioether (sulfide) groups is 1. The highest BCUT2D eigenvalue weighted by Crippen LogP contribution is 2.19. The number of nitrogens with two attached hydrogens (primary N) is 1. The van der Waals surface area contributed by atoms with Gasteiger partial charge in [-0.25, -0.2) is 0 Å². The molecule has 15 heavy (non-hydrogen) atoms. The molecule has 1 aromatic rings. The largest absolute Gasteiger partial charge is 0.393 e. The fraction of sp³-hybridized carbons (Fsp3) is 0.333. The van der Waals surface area contributed by atoms with Gasteiger partial charge in [-0.1, -0.05) is 18.2 Å². The van der Waals surface area contributed by atoms with E-state index in [1.165, 1.54) is 34.5 Å². The molecular formula is C12H14N2S. The third-order valence-corrected chi connectivity index (χ3v) is 3.89. The van der Waals surface area contributed by atoms with E-state index in [2.05, 4.69) is 23.5 Å². The van der Waals surface area contributed by atoms with Crippen LogP contribution in [0.3, 0.4) is 0 Å². The average Bonchev–Trinajstić information content (AvgIpc) is 2.29. The number of benzene rings is 1. The van der Waals surface area contributed by atoms with Gasteiger partial charge in [-0.3, -0.25) is 0 Å². The van der Waals surface area contributed by atoms with Crippen molar-refractivity contribution in [3.63, 3.8) is 0 Å². The Morgan fingerprint density at radius 1 is 1.33 bits per heavy atom. The van der Waals surface area contributed by atoms with Gasteiger partial charge < -0.3 is 11.1 Å². The zero-order valence-corrected chi connectivity index (χ0v) is 9.36. The van der Waals surface area contributed by atoms with E-state index in [0.717, 1.165) is 17.3 Å². The quantitative estimate of drug-likeness (QED) is 0.669. The van der Waals surface area contributed by atoms with Gasteiger partial charge in [-0.05, 0) is 23.6 Å². The van der Waals surface area contributed by atoms with Crippen LogP contribution < -0.4 is 21.5 Å². The first kappa shape index (κ1) is 9.16. The van der Waals surface area contributed by atoms with Crippen LogP contribution >= 0.6 is 11.8 Å². The predicted molar refractivity (Wildman–Crippen MR) is 67.0 cm³/mol. The van der Waals surface area contributed by atoms with Crippen molar-refractivity contribution in [1.82, 2.24) is 0 Å². The summed E-state index contributed by atoms with van der Waals surface area (Å²) in [5, 5.41) is 6.99. The van der Waals surface area contributed by atoms with Gasteiger partial charge in [-0.15, -0.1) is 11.8 Å². The fourth-order valence-corrected chi connectivity index (χ4v) is 3.10. The van der Waals surface area contributed by atoms with E-state index in [1.54, 1.807) is 11.8 Å². The van der Waals surface area contributed by atoms with E-state index in [-0.39, 0.29) is 0 Å². The van der Waals surface area contributed by atoms with Crippen LogP contribution in [-0.4, -0.2) is 12.3 Å². The summed E-state index contributed by atoms with van der Waals surface area (Å²) in [7, 11) is 0. The molecule has 0 amide bonds. The first-order valence-corrected chi connectivity index (χ1v) is 6.33. The second-order valence-electron chi connectivity index (χ2n) is 3.97. The van der Waals surface area contributed by atoms with Crippen LogP contribution in [0.15, 0.2) is 12.1 Å². The summed E-state index contributed by atoms with van der Waals surface area (Å²) in [4.78, 5) is 0. The Morgan fingerprint density at radius 2 is 2.27 bits per heavy atom. The summed E-state index contributed by atoms with van der Waals surface area (Å²) in [6.45, 7) is 1.07. The van der Waals surface area contributed by atoms with Gasteiger partial charge in [0.2, 0.25) is 0 Å². The van der Waals surface area contributed by atoms with Gasteiger partial charge >= 0.3 is 0 Å². The zero-order valence-electron chi connectivity index (χ0n) is 8.55. The van der Waals surface area contributed by atoms with Crippen molar-refractivity contribution in [3.05, 3.63) is 28.1 Å². The molecule has 0 radical (unpaired) electrons. The normalized spacial score (nSPS) is 18.5. The highest BCUT2D eigenvalue weighted by Gasteiger charge is 2.13. The van der Waals surface area contributed by atoms with E-state index in [1.807, 2.05) is 0 Å². The lowest BCUT2D eigenvalue weighted by Crippen LogP contribution is -2.36. The number of fused-ring (bicyclic) bond motifs is 3. The predicted octanol–water partition coefficient (Wildman–Crippen LogP) is 0.596. The molecule has 1 aromatic carbocycles. The van der Waals surface area contributed by atoms with Crippen LogP contribution in [0.1, 0.15) is 12.0 Å². The molecule has 0 bridgehead atoms. The van der Waals surface area contributed by atoms with Crippen molar-refractivity contribution in [1.29, 1.82) is 0 Å². The first-order chi connectivity index (χ1) is 7.36.